The number of nitrogens with two attached hydrogens (primary N) is 1. The average molecular weight is 350 g/mol. The maximum Gasteiger partial charge on any atom is 0.109 e. The van der Waals surface area contributed by atoms with Gasteiger partial charge in [0, 0.05) is 23.5 Å². The van der Waals surface area contributed by atoms with Crippen molar-refractivity contribution >= 4 is 44.0 Å². The molecule has 3 rings (SSSR count). The van der Waals surface area contributed by atoms with E-state index in [-0.39, 0.29) is 0 Å². The third kappa shape index (κ3) is 2.60. The van der Waals surface area contributed by atoms with Crippen molar-refractivity contribution in [2.24, 2.45) is 0 Å². The Balaban J connectivity index is 1.93. The fourth-order valence-corrected chi connectivity index (χ4v) is 3.90. The summed E-state index contributed by atoms with van der Waals surface area (Å²) in [4.78, 5) is 6.07. The van der Waals surface area contributed by atoms with Gasteiger partial charge >= 0.3 is 0 Å². The summed E-state index contributed by atoms with van der Waals surface area (Å²) in [5.74, 6) is 1.13. The summed E-state index contributed by atoms with van der Waals surface area (Å²) in [6.45, 7) is 3.10. The predicted octanol–water partition coefficient (Wildman–Crippen LogP) is 4.25. The quantitative estimate of drug-likeness (QED) is 0.715. The molecular formula is C15H16BrN3S. The molecule has 0 bridgehead atoms. The molecule has 0 aliphatic carbocycles. The van der Waals surface area contributed by atoms with E-state index in [4.69, 9.17) is 5.73 Å². The Labute approximate surface area is 130 Å². The molecule has 20 heavy (non-hydrogen) atoms. The summed E-state index contributed by atoms with van der Waals surface area (Å²) in [5, 5.41) is 0. The molecule has 0 saturated heterocycles. The first-order valence-corrected chi connectivity index (χ1v) is 8.27. The van der Waals surface area contributed by atoms with E-state index in [0.717, 1.165) is 36.4 Å². The highest BCUT2D eigenvalue weighted by Gasteiger charge is 2.10. The van der Waals surface area contributed by atoms with Crippen molar-refractivity contribution in [2.75, 3.05) is 5.73 Å². The Bertz CT molecular complexity index is 745. The number of rotatable bonds is 4. The monoisotopic (exact) mass is 349 g/mol. The standard InChI is InChI=1S/C15H16BrN3S/c1-2-15-18-12-9-10(17)3-5-13(12)19(15)8-7-11-4-6-14(16)20-11/h3-6,9H,2,7-8,17H2,1H3. The van der Waals surface area contributed by atoms with Gasteiger partial charge in [-0.05, 0) is 52.7 Å². The number of hydrogen-bond acceptors (Lipinski definition) is 3. The predicted molar refractivity (Wildman–Crippen MR) is 89.2 cm³/mol. The first-order chi connectivity index (χ1) is 9.67. The van der Waals surface area contributed by atoms with Crippen molar-refractivity contribution in [3.63, 3.8) is 0 Å². The van der Waals surface area contributed by atoms with Gasteiger partial charge < -0.3 is 10.3 Å². The molecule has 0 aliphatic heterocycles. The van der Waals surface area contributed by atoms with Crippen molar-refractivity contribution in [3.05, 3.63) is 44.8 Å². The highest BCUT2D eigenvalue weighted by molar-refractivity contribution is 9.11. The molecule has 0 spiro atoms. The molecular weight excluding hydrogens is 334 g/mol. The van der Waals surface area contributed by atoms with Crippen LogP contribution in [0.2, 0.25) is 0 Å². The Morgan fingerprint density at radius 1 is 1.30 bits per heavy atom. The number of aryl methyl sites for hydroxylation is 3. The molecule has 2 aromatic heterocycles. The zero-order chi connectivity index (χ0) is 14.1. The van der Waals surface area contributed by atoms with Crippen LogP contribution in [0.1, 0.15) is 17.6 Å². The topological polar surface area (TPSA) is 43.8 Å². The molecule has 1 aromatic carbocycles. The molecule has 3 aromatic rings. The van der Waals surface area contributed by atoms with Crippen LogP contribution in [0.3, 0.4) is 0 Å². The van der Waals surface area contributed by atoms with Gasteiger partial charge in [0.05, 0.1) is 14.8 Å². The second kappa shape index (κ2) is 5.58. The van der Waals surface area contributed by atoms with Gasteiger partial charge in [-0.3, -0.25) is 0 Å². The minimum Gasteiger partial charge on any atom is -0.399 e. The summed E-state index contributed by atoms with van der Waals surface area (Å²) >= 11 is 5.31. The summed E-state index contributed by atoms with van der Waals surface area (Å²) in [5.41, 5.74) is 8.78. The average Bonchev–Trinajstić information content (AvgIpc) is 2.99. The first kappa shape index (κ1) is 13.6. The summed E-state index contributed by atoms with van der Waals surface area (Å²) in [6, 6.07) is 10.3. The minimum absolute atomic E-state index is 0.770. The molecule has 0 radical (unpaired) electrons. The number of anilines is 1. The molecule has 2 heterocycles. The number of thiophene rings is 1. The SMILES string of the molecule is CCc1nc2cc(N)ccc2n1CCc1ccc(Br)s1. The van der Waals surface area contributed by atoms with Crippen LogP contribution in [0.4, 0.5) is 5.69 Å². The summed E-state index contributed by atoms with van der Waals surface area (Å²) in [6.07, 6.45) is 1.96. The fraction of sp³-hybridized carbons (Fsp3) is 0.267. The third-order valence-corrected chi connectivity index (χ3v) is 5.06. The zero-order valence-corrected chi connectivity index (χ0v) is 13.7. The van der Waals surface area contributed by atoms with Crippen LogP contribution in [0.15, 0.2) is 34.1 Å². The Morgan fingerprint density at radius 3 is 2.85 bits per heavy atom. The van der Waals surface area contributed by atoms with Crippen LogP contribution < -0.4 is 5.73 Å². The van der Waals surface area contributed by atoms with E-state index in [0.29, 0.717) is 0 Å². The van der Waals surface area contributed by atoms with E-state index in [1.165, 1.54) is 14.2 Å². The number of benzene rings is 1. The highest BCUT2D eigenvalue weighted by Crippen LogP contribution is 2.24. The maximum absolute atomic E-state index is 5.84. The van der Waals surface area contributed by atoms with Crippen molar-refractivity contribution < 1.29 is 0 Å². The molecule has 0 atom stereocenters. The van der Waals surface area contributed by atoms with Gasteiger partial charge in [-0.2, -0.15) is 0 Å². The van der Waals surface area contributed by atoms with Crippen LogP contribution in [-0.4, -0.2) is 9.55 Å². The lowest BCUT2D eigenvalue weighted by molar-refractivity contribution is 0.679. The van der Waals surface area contributed by atoms with E-state index in [9.17, 15) is 0 Å². The highest BCUT2D eigenvalue weighted by atomic mass is 79.9. The van der Waals surface area contributed by atoms with Crippen molar-refractivity contribution in [1.82, 2.24) is 9.55 Å². The van der Waals surface area contributed by atoms with Gasteiger partial charge in [-0.15, -0.1) is 11.3 Å². The van der Waals surface area contributed by atoms with E-state index in [1.807, 2.05) is 12.1 Å². The number of imidazole rings is 1. The second-order valence-electron chi connectivity index (χ2n) is 4.74. The second-order valence-corrected chi connectivity index (χ2v) is 7.28. The number of fused-ring (bicyclic) bond motifs is 1. The molecule has 2 N–H and O–H groups in total. The fourth-order valence-electron chi connectivity index (χ4n) is 2.42. The van der Waals surface area contributed by atoms with Crippen LogP contribution >= 0.6 is 27.3 Å². The zero-order valence-electron chi connectivity index (χ0n) is 11.3. The first-order valence-electron chi connectivity index (χ1n) is 6.66. The molecule has 0 unspecified atom stereocenters. The van der Waals surface area contributed by atoms with E-state index >= 15 is 0 Å². The third-order valence-electron chi connectivity index (χ3n) is 3.38. The summed E-state index contributed by atoms with van der Waals surface area (Å²) < 4.78 is 3.49. The van der Waals surface area contributed by atoms with Crippen LogP contribution in [0.25, 0.3) is 11.0 Å². The van der Waals surface area contributed by atoms with E-state index < -0.39 is 0 Å². The molecule has 5 heteroatoms. The lowest BCUT2D eigenvalue weighted by Gasteiger charge is -2.07. The molecule has 0 fully saturated rings. The Morgan fingerprint density at radius 2 is 2.15 bits per heavy atom. The number of halogens is 1. The smallest absolute Gasteiger partial charge is 0.109 e. The molecule has 3 nitrogen and oxygen atoms in total. The number of nitrogens with zero attached hydrogens (tertiary/aromatic N) is 2. The molecule has 0 saturated carbocycles. The van der Waals surface area contributed by atoms with Gasteiger partial charge in [0.15, 0.2) is 0 Å². The maximum atomic E-state index is 5.84. The van der Waals surface area contributed by atoms with Gasteiger partial charge in [0.25, 0.3) is 0 Å². The normalized spacial score (nSPS) is 11.3. The number of hydrogen-bond donors (Lipinski definition) is 1. The van der Waals surface area contributed by atoms with Crippen molar-refractivity contribution in [3.8, 4) is 0 Å². The molecule has 0 aliphatic rings. The van der Waals surface area contributed by atoms with Crippen LogP contribution in [0.5, 0.6) is 0 Å². The van der Waals surface area contributed by atoms with E-state index in [2.05, 4.69) is 50.6 Å². The lowest BCUT2D eigenvalue weighted by Crippen LogP contribution is -2.04. The van der Waals surface area contributed by atoms with Crippen LogP contribution in [-0.2, 0) is 19.4 Å². The van der Waals surface area contributed by atoms with Gasteiger partial charge in [-0.1, -0.05) is 6.92 Å². The number of aromatic nitrogens is 2. The van der Waals surface area contributed by atoms with Gasteiger partial charge in [-0.25, -0.2) is 4.98 Å². The minimum atomic E-state index is 0.770. The van der Waals surface area contributed by atoms with Crippen LogP contribution in [0, 0.1) is 0 Å². The Kier molecular flexibility index (Phi) is 3.81. The van der Waals surface area contributed by atoms with Gasteiger partial charge in [0.2, 0.25) is 0 Å². The molecule has 104 valence electrons. The largest absolute Gasteiger partial charge is 0.399 e. The van der Waals surface area contributed by atoms with Gasteiger partial charge in [0.1, 0.15) is 5.82 Å². The van der Waals surface area contributed by atoms with Crippen molar-refractivity contribution in [1.29, 1.82) is 0 Å². The summed E-state index contributed by atoms with van der Waals surface area (Å²) in [7, 11) is 0. The van der Waals surface area contributed by atoms with Crippen molar-refractivity contribution in [2.45, 2.75) is 26.3 Å². The van der Waals surface area contributed by atoms with E-state index in [1.54, 1.807) is 11.3 Å². The molecule has 0 amide bonds. The Hall–Kier alpha value is -1.33. The lowest BCUT2D eigenvalue weighted by atomic mass is 10.2. The number of nitrogen functional groups attached to an aromatic ring is 1.